The van der Waals surface area contributed by atoms with Crippen LogP contribution >= 0.6 is 11.3 Å². The van der Waals surface area contributed by atoms with Crippen LogP contribution in [0.5, 0.6) is 0 Å². The molecule has 0 aliphatic rings. The van der Waals surface area contributed by atoms with Crippen molar-refractivity contribution in [2.45, 2.75) is 0 Å². The Morgan fingerprint density at radius 3 is 1.63 bits per heavy atom. The highest BCUT2D eigenvalue weighted by atomic mass is 32.1. The molecule has 0 aliphatic heterocycles. The van der Waals surface area contributed by atoms with Crippen LogP contribution in [0.15, 0.2) is 133 Å². The fourth-order valence-electron chi connectivity index (χ4n) is 5.41. The van der Waals surface area contributed by atoms with Gasteiger partial charge in [-0.2, -0.15) is 0 Å². The van der Waals surface area contributed by atoms with Crippen molar-refractivity contribution in [3.63, 3.8) is 0 Å². The largest absolute Gasteiger partial charge is 0.248 e. The molecule has 0 amide bonds. The van der Waals surface area contributed by atoms with Gasteiger partial charge in [-0.25, -0.2) is 19.9 Å². The average molecular weight is 543 g/mol. The van der Waals surface area contributed by atoms with Gasteiger partial charge in [-0.3, -0.25) is 0 Å². The van der Waals surface area contributed by atoms with E-state index in [0.717, 1.165) is 44.2 Å². The van der Waals surface area contributed by atoms with Gasteiger partial charge in [0.1, 0.15) is 0 Å². The monoisotopic (exact) mass is 542 g/mol. The number of benzene rings is 5. The topological polar surface area (TPSA) is 51.6 Å². The molecule has 0 aliphatic carbocycles. The highest BCUT2D eigenvalue weighted by Gasteiger charge is 2.19. The fourth-order valence-corrected chi connectivity index (χ4v) is 6.57. The zero-order chi connectivity index (χ0) is 27.2. The number of hydrogen-bond acceptors (Lipinski definition) is 5. The molecule has 41 heavy (non-hydrogen) atoms. The zero-order valence-electron chi connectivity index (χ0n) is 21.9. The van der Waals surface area contributed by atoms with Crippen molar-refractivity contribution < 1.29 is 0 Å². The third-order valence-electron chi connectivity index (χ3n) is 7.34. The molecule has 0 radical (unpaired) electrons. The van der Waals surface area contributed by atoms with E-state index in [2.05, 4.69) is 60.7 Å². The van der Waals surface area contributed by atoms with E-state index in [1.54, 1.807) is 11.3 Å². The standard InChI is InChI=1S/C36H22N4S/c1-3-12-24(13-4-1)34-38-35(25-14-5-2-6-15-25)40-36(39-34)27-17-10-20-31-33(27)32-26(16-9-19-30(32)41-31)29-22-21-23-11-7-8-18-28(23)37-29/h1-22H. The summed E-state index contributed by atoms with van der Waals surface area (Å²) in [7, 11) is 0. The molecule has 0 saturated heterocycles. The first-order valence-corrected chi connectivity index (χ1v) is 14.3. The molecule has 3 heterocycles. The van der Waals surface area contributed by atoms with Crippen LogP contribution < -0.4 is 0 Å². The molecule has 0 bridgehead atoms. The second-order valence-electron chi connectivity index (χ2n) is 9.89. The van der Waals surface area contributed by atoms with Crippen molar-refractivity contribution >= 4 is 42.4 Å². The Labute approximate surface area is 240 Å². The fraction of sp³-hybridized carbons (Fsp3) is 0. The van der Waals surface area contributed by atoms with Gasteiger partial charge in [-0.05, 0) is 24.3 Å². The third-order valence-corrected chi connectivity index (χ3v) is 8.46. The minimum absolute atomic E-state index is 0.655. The molecule has 4 nitrogen and oxygen atoms in total. The van der Waals surface area contributed by atoms with E-state index >= 15 is 0 Å². The number of hydrogen-bond donors (Lipinski definition) is 0. The molecule has 0 fully saturated rings. The van der Waals surface area contributed by atoms with Crippen LogP contribution in [0, 0.1) is 0 Å². The summed E-state index contributed by atoms with van der Waals surface area (Å²) in [5.41, 5.74) is 5.94. The Bertz CT molecular complexity index is 2150. The van der Waals surface area contributed by atoms with Gasteiger partial charge in [0, 0.05) is 47.8 Å². The van der Waals surface area contributed by atoms with Crippen LogP contribution in [0.3, 0.4) is 0 Å². The number of pyridine rings is 1. The summed E-state index contributed by atoms with van der Waals surface area (Å²) >= 11 is 1.79. The van der Waals surface area contributed by atoms with Crippen molar-refractivity contribution in [1.29, 1.82) is 0 Å². The summed E-state index contributed by atoms with van der Waals surface area (Å²) in [5, 5.41) is 3.45. The quantitative estimate of drug-likeness (QED) is 0.222. The lowest BCUT2D eigenvalue weighted by Gasteiger charge is -2.10. The van der Waals surface area contributed by atoms with E-state index in [1.165, 1.54) is 14.8 Å². The van der Waals surface area contributed by atoms with Crippen molar-refractivity contribution in [2.75, 3.05) is 0 Å². The van der Waals surface area contributed by atoms with Gasteiger partial charge in [0.2, 0.25) is 0 Å². The van der Waals surface area contributed by atoms with E-state index in [1.807, 2.05) is 72.8 Å². The third kappa shape index (κ3) is 4.15. The number of nitrogens with zero attached hydrogens (tertiary/aromatic N) is 4. The minimum atomic E-state index is 0.655. The van der Waals surface area contributed by atoms with Crippen LogP contribution in [0.4, 0.5) is 0 Å². The summed E-state index contributed by atoms with van der Waals surface area (Å²) in [5.74, 6) is 1.97. The van der Waals surface area contributed by atoms with Gasteiger partial charge in [0.25, 0.3) is 0 Å². The predicted octanol–water partition coefficient (Wildman–Crippen LogP) is 9.46. The van der Waals surface area contributed by atoms with Crippen molar-refractivity contribution in [1.82, 2.24) is 19.9 Å². The smallest absolute Gasteiger partial charge is 0.164 e. The Morgan fingerprint density at radius 1 is 0.390 bits per heavy atom. The summed E-state index contributed by atoms with van der Waals surface area (Å²) in [4.78, 5) is 20.0. The number of para-hydroxylation sites is 1. The summed E-state index contributed by atoms with van der Waals surface area (Å²) in [6.45, 7) is 0. The summed E-state index contributed by atoms with van der Waals surface area (Å²) < 4.78 is 2.40. The summed E-state index contributed by atoms with van der Waals surface area (Å²) in [6, 6.07) is 45.6. The van der Waals surface area contributed by atoms with Crippen molar-refractivity contribution in [3.8, 4) is 45.4 Å². The molecule has 3 aromatic heterocycles. The Kier molecular flexibility index (Phi) is 5.61. The van der Waals surface area contributed by atoms with E-state index in [9.17, 15) is 0 Å². The lowest BCUT2D eigenvalue weighted by atomic mass is 9.99. The molecular weight excluding hydrogens is 520 g/mol. The second kappa shape index (κ2) is 9.73. The van der Waals surface area contributed by atoms with Gasteiger partial charge >= 0.3 is 0 Å². The summed E-state index contributed by atoms with van der Waals surface area (Å²) in [6.07, 6.45) is 0. The lowest BCUT2D eigenvalue weighted by Crippen LogP contribution is -2.00. The highest BCUT2D eigenvalue weighted by Crippen LogP contribution is 2.43. The number of aromatic nitrogens is 4. The van der Waals surface area contributed by atoms with Gasteiger partial charge in [0.05, 0.1) is 11.2 Å². The molecule has 0 spiro atoms. The van der Waals surface area contributed by atoms with Crippen LogP contribution in [-0.4, -0.2) is 19.9 Å². The first-order chi connectivity index (χ1) is 20.3. The first-order valence-electron chi connectivity index (χ1n) is 13.5. The van der Waals surface area contributed by atoms with E-state index in [-0.39, 0.29) is 0 Å². The number of thiophene rings is 1. The Balaban J connectivity index is 1.41. The minimum Gasteiger partial charge on any atom is -0.248 e. The lowest BCUT2D eigenvalue weighted by molar-refractivity contribution is 1.08. The van der Waals surface area contributed by atoms with Gasteiger partial charge in [0.15, 0.2) is 17.5 Å². The maximum atomic E-state index is 5.06. The van der Waals surface area contributed by atoms with Crippen molar-refractivity contribution in [2.24, 2.45) is 0 Å². The molecule has 0 saturated carbocycles. The van der Waals surface area contributed by atoms with Gasteiger partial charge in [-0.15, -0.1) is 11.3 Å². The van der Waals surface area contributed by atoms with Crippen LogP contribution in [0.2, 0.25) is 0 Å². The zero-order valence-corrected chi connectivity index (χ0v) is 22.7. The molecule has 5 heteroatoms. The Hall–Kier alpha value is -5.26. The normalized spacial score (nSPS) is 11.4. The molecule has 8 aromatic rings. The Morgan fingerprint density at radius 2 is 0.951 bits per heavy atom. The van der Waals surface area contributed by atoms with E-state index < -0.39 is 0 Å². The van der Waals surface area contributed by atoms with Crippen LogP contribution in [0.25, 0.3) is 76.5 Å². The number of fused-ring (bicyclic) bond motifs is 4. The van der Waals surface area contributed by atoms with Gasteiger partial charge in [-0.1, -0.05) is 109 Å². The first kappa shape index (κ1) is 23.6. The van der Waals surface area contributed by atoms with E-state index in [4.69, 9.17) is 19.9 Å². The molecule has 192 valence electrons. The predicted molar refractivity (Wildman–Crippen MR) is 170 cm³/mol. The van der Waals surface area contributed by atoms with Crippen LogP contribution in [0.1, 0.15) is 0 Å². The molecule has 0 atom stereocenters. The van der Waals surface area contributed by atoms with Crippen molar-refractivity contribution in [3.05, 3.63) is 133 Å². The molecule has 0 N–H and O–H groups in total. The molecular formula is C36H22N4S. The second-order valence-corrected chi connectivity index (χ2v) is 11.0. The SMILES string of the molecule is c1ccc(-c2nc(-c3ccccc3)nc(-c3cccc4sc5cccc(-c6ccc7ccccc7n6)c5c34)n2)cc1. The molecule has 5 aromatic carbocycles. The van der Waals surface area contributed by atoms with Crippen LogP contribution in [-0.2, 0) is 0 Å². The number of rotatable bonds is 4. The average Bonchev–Trinajstić information content (AvgIpc) is 3.44. The van der Waals surface area contributed by atoms with Gasteiger partial charge < -0.3 is 0 Å². The van der Waals surface area contributed by atoms with E-state index in [0.29, 0.717) is 17.5 Å². The highest BCUT2D eigenvalue weighted by molar-refractivity contribution is 7.26. The molecule has 0 unspecified atom stereocenters. The maximum absolute atomic E-state index is 5.06. The molecule has 8 rings (SSSR count). The maximum Gasteiger partial charge on any atom is 0.164 e.